The highest BCUT2D eigenvalue weighted by molar-refractivity contribution is 14.1. The lowest BCUT2D eigenvalue weighted by Gasteiger charge is -2.56. The van der Waals surface area contributed by atoms with Crippen LogP contribution < -0.4 is 0 Å². The van der Waals surface area contributed by atoms with Gasteiger partial charge in [0.1, 0.15) is 36.1 Å². The van der Waals surface area contributed by atoms with E-state index < -0.39 is 55.5 Å². The summed E-state index contributed by atoms with van der Waals surface area (Å²) >= 11 is 2.49. The molecule has 2 unspecified atom stereocenters. The van der Waals surface area contributed by atoms with Crippen LogP contribution in [0.15, 0.2) is 54.6 Å². The molecule has 4 fully saturated rings. The van der Waals surface area contributed by atoms with E-state index >= 15 is 0 Å². The van der Waals surface area contributed by atoms with Gasteiger partial charge in [-0.25, -0.2) is 4.79 Å². The summed E-state index contributed by atoms with van der Waals surface area (Å²) in [7, 11) is -5.67. The number of esters is 1. The Bertz CT molecular complexity index is 1860. The minimum atomic E-state index is -2.49. The Labute approximate surface area is 436 Å². The van der Waals surface area contributed by atoms with Crippen LogP contribution in [0.3, 0.4) is 0 Å². The highest BCUT2D eigenvalue weighted by Gasteiger charge is 2.58. The molecule has 4 aliphatic rings. The van der Waals surface area contributed by atoms with E-state index in [1.54, 1.807) is 7.11 Å². The number of benzene rings is 1. The van der Waals surface area contributed by atoms with E-state index in [0.717, 1.165) is 43.0 Å². The predicted molar refractivity (Wildman–Crippen MR) is 296 cm³/mol. The van der Waals surface area contributed by atoms with Gasteiger partial charge in [-0.15, -0.1) is 0 Å². The smallest absolute Gasteiger partial charge is 0.338 e. The second-order valence-electron chi connectivity index (χ2n) is 25.6. The fraction of sp³-hybridized carbons (Fsp3) is 0.800. The van der Waals surface area contributed by atoms with Crippen LogP contribution in [0, 0.1) is 5.92 Å². The molecule has 0 amide bonds. The van der Waals surface area contributed by atoms with Crippen LogP contribution in [-0.4, -0.2) is 122 Å². The Morgan fingerprint density at radius 3 is 1.97 bits per heavy atom. The maximum absolute atomic E-state index is 14.0. The largest absolute Gasteiger partial charge is 0.455 e. The van der Waals surface area contributed by atoms with Gasteiger partial charge in [0.2, 0.25) is 0 Å². The molecule has 4 heterocycles. The van der Waals surface area contributed by atoms with Crippen molar-refractivity contribution in [2.45, 2.75) is 255 Å². The van der Waals surface area contributed by atoms with Crippen LogP contribution in [0.1, 0.15) is 138 Å². The minimum absolute atomic E-state index is 0.0323. The molecule has 0 radical (unpaired) electrons. The van der Waals surface area contributed by atoms with Crippen LogP contribution in [0.5, 0.6) is 0 Å². The summed E-state index contributed by atoms with van der Waals surface area (Å²) in [6.45, 7) is 43.5. The van der Waals surface area contributed by atoms with E-state index in [4.69, 9.17) is 41.7 Å². The van der Waals surface area contributed by atoms with E-state index in [0.29, 0.717) is 30.9 Å². The quantitative estimate of drug-likeness (QED) is 0.0413. The van der Waals surface area contributed by atoms with E-state index in [2.05, 4.69) is 157 Å². The van der Waals surface area contributed by atoms with Crippen LogP contribution in [0.25, 0.3) is 0 Å². The summed E-state index contributed by atoms with van der Waals surface area (Å²) in [5.74, 6) is 0.0415. The Morgan fingerprint density at radius 2 is 1.41 bits per heavy atom. The number of carbonyl (C=O) groups is 1. The maximum Gasteiger partial charge on any atom is 0.338 e. The van der Waals surface area contributed by atoms with Gasteiger partial charge in [-0.2, -0.15) is 0 Å². The van der Waals surface area contributed by atoms with Crippen molar-refractivity contribution in [2.24, 2.45) is 5.92 Å². The van der Waals surface area contributed by atoms with Gasteiger partial charge in [-0.3, -0.25) is 0 Å². The second kappa shape index (κ2) is 23.4. The molecule has 1 aromatic carbocycles. The van der Waals surface area contributed by atoms with Crippen molar-refractivity contribution in [1.82, 2.24) is 0 Å². The molecule has 1 aromatic rings. The molecular weight excluding hydrogens is 1030 g/mol. The number of fused-ring (bicyclic) bond motifs is 2. The average molecular weight is 1130 g/mol. The molecule has 0 aliphatic carbocycles. The monoisotopic (exact) mass is 1130 g/mol. The first-order chi connectivity index (χ1) is 31.8. The Balaban J connectivity index is 1.57. The fourth-order valence-corrected chi connectivity index (χ4v) is 14.2. The van der Waals surface area contributed by atoms with E-state index in [1.165, 1.54) is 5.57 Å². The molecule has 0 aromatic heterocycles. The summed E-state index contributed by atoms with van der Waals surface area (Å²) in [5, 5.41) is -0.285. The lowest BCUT2D eigenvalue weighted by Crippen LogP contribution is -2.69. The first-order valence-corrected chi connectivity index (χ1v) is 36.4. The maximum atomic E-state index is 14.0. The Hall–Kier alpha value is -0.769. The van der Waals surface area contributed by atoms with Crippen LogP contribution >= 0.6 is 22.6 Å². The van der Waals surface area contributed by atoms with Crippen LogP contribution in [-0.2, 0) is 41.7 Å². The fourth-order valence-electron chi connectivity index (χ4n) is 9.35. The first kappa shape index (κ1) is 59.1. The second-order valence-corrected chi connectivity index (χ2v) is 40.7. The zero-order chi connectivity index (χ0) is 51.5. The van der Waals surface area contributed by atoms with Gasteiger partial charge in [0.15, 0.2) is 25.0 Å². The summed E-state index contributed by atoms with van der Waals surface area (Å²) in [6.07, 6.45) is 7.73. The minimum Gasteiger partial charge on any atom is -0.455 e. The number of ether oxygens (including phenoxy) is 6. The molecule has 0 saturated carbocycles. The molecule has 69 heavy (non-hydrogen) atoms. The molecule has 10 nitrogen and oxygen atoms in total. The topological polar surface area (TPSA) is 100 Å². The molecule has 0 N–H and O–H groups in total. The number of carbonyl (C=O) groups excluding carboxylic acids is 1. The molecular formula is C55H95IO10Si3. The number of methoxy groups -OCH3 is 1. The highest BCUT2D eigenvalue weighted by Crippen LogP contribution is 2.48. The number of hydrogen-bond acceptors (Lipinski definition) is 10. The third kappa shape index (κ3) is 14.8. The molecule has 394 valence electrons. The van der Waals surface area contributed by atoms with Gasteiger partial charge >= 0.3 is 5.97 Å². The zero-order valence-electron chi connectivity index (χ0n) is 46.2. The number of alkyl halides is 1. The van der Waals surface area contributed by atoms with E-state index in [1.807, 2.05) is 30.3 Å². The summed E-state index contributed by atoms with van der Waals surface area (Å²) in [6, 6.07) is 9.28. The lowest BCUT2D eigenvalue weighted by atomic mass is 9.85. The number of halogens is 1. The predicted octanol–water partition coefficient (Wildman–Crippen LogP) is 13.8. The first-order valence-electron chi connectivity index (χ1n) is 26.2. The van der Waals surface area contributed by atoms with Crippen molar-refractivity contribution >= 4 is 53.5 Å². The molecule has 0 spiro atoms. The number of rotatable bonds is 20. The average Bonchev–Trinajstić information content (AvgIpc) is 3.62. The highest BCUT2D eigenvalue weighted by atomic mass is 127. The molecule has 5 rings (SSSR count). The summed E-state index contributed by atoms with van der Waals surface area (Å²) in [5.41, 5.74) is 1.38. The molecule has 14 heteroatoms. The van der Waals surface area contributed by atoms with Crippen molar-refractivity contribution in [3.05, 3.63) is 60.2 Å². The number of allylic oxidation sites excluding steroid dienone is 1. The van der Waals surface area contributed by atoms with Crippen molar-refractivity contribution in [3.8, 4) is 0 Å². The van der Waals surface area contributed by atoms with Crippen LogP contribution in [0.2, 0.25) is 54.4 Å². The molecule has 13 atom stereocenters. The van der Waals surface area contributed by atoms with Crippen molar-refractivity contribution in [2.75, 3.05) is 18.1 Å². The van der Waals surface area contributed by atoms with Gasteiger partial charge in [-0.1, -0.05) is 128 Å². The van der Waals surface area contributed by atoms with E-state index in [-0.39, 0.29) is 63.3 Å². The van der Waals surface area contributed by atoms with Crippen molar-refractivity contribution < 1.29 is 46.5 Å². The van der Waals surface area contributed by atoms with Gasteiger partial charge in [0, 0.05) is 18.0 Å². The molecule has 0 bridgehead atoms. The van der Waals surface area contributed by atoms with Gasteiger partial charge in [0.25, 0.3) is 0 Å². The normalized spacial score (nSPS) is 30.9. The van der Waals surface area contributed by atoms with Crippen molar-refractivity contribution in [1.29, 1.82) is 0 Å². The Morgan fingerprint density at radius 1 is 0.812 bits per heavy atom. The summed E-state index contributed by atoms with van der Waals surface area (Å²) < 4.78 is 64.3. The van der Waals surface area contributed by atoms with Gasteiger partial charge in [-0.05, 0) is 130 Å². The SMILES string of the molecule is C=C(C)[C@H](C)C[C@H]1CC[C@@H]2OC(CCC(/C=C/[C@H](O[Si](C)(C)C(C)(C)C)[C@@H]3O[C@H]4CC[C@H](COC)O[C@@H]4[C@H](O[Si](C)(C)C(C)(C)C)[C@@H]3O[Si](C)(C)C(C)(C)C)OC(=O)c3ccccc3)C[C@]2(CI)O1. The molecule has 4 aliphatic heterocycles. The van der Waals surface area contributed by atoms with Crippen molar-refractivity contribution in [3.63, 3.8) is 0 Å². The number of hydrogen-bond donors (Lipinski definition) is 0. The van der Waals surface area contributed by atoms with E-state index in [9.17, 15) is 4.79 Å². The molecule has 4 saturated heterocycles. The standard InChI is InChI=1S/C55H95IO10Si3/c1-37(2)38(3)33-41-29-32-46-55(36-56,63-41)34-42(59-46)26-25-40(61-51(57)39-23-21-20-22-24-39)27-31-45(64-67(14,15)52(4,5)6)48-50(66-69(18,19)54(10,11)12)49(65-68(16,17)53(7,8)9)47-44(62-48)30-28-43(60-47)35-58-13/h20-24,27,31,38,40-50H,1,25-26,28-30,32-36H2,2-19H3/b31-27+/t38-,40?,41-,42?,43-,44+,45+,46+,47+,48+,49+,50-,55-/m1/s1. The van der Waals surface area contributed by atoms with Gasteiger partial charge < -0.3 is 41.7 Å². The summed E-state index contributed by atoms with van der Waals surface area (Å²) in [4.78, 5) is 14.0. The lowest BCUT2D eigenvalue weighted by molar-refractivity contribution is -0.269. The van der Waals surface area contributed by atoms with Crippen LogP contribution in [0.4, 0.5) is 0 Å². The third-order valence-electron chi connectivity index (χ3n) is 17.1. The zero-order valence-corrected chi connectivity index (χ0v) is 51.4. The third-order valence-corrected chi connectivity index (χ3v) is 31.8. The Kier molecular flexibility index (Phi) is 20.1. The van der Waals surface area contributed by atoms with Gasteiger partial charge in [0.05, 0.1) is 48.8 Å².